The number of sulfone groups is 1. The van der Waals surface area contributed by atoms with Gasteiger partial charge >= 0.3 is 0 Å². The molecule has 102 valence electrons. The monoisotopic (exact) mass is 283 g/mol. The van der Waals surface area contributed by atoms with Gasteiger partial charge in [0.15, 0.2) is 6.29 Å². The summed E-state index contributed by atoms with van der Waals surface area (Å²) in [5.74, 6) is -0.216. The van der Waals surface area contributed by atoms with Crippen LogP contribution in [-0.4, -0.2) is 32.3 Å². The summed E-state index contributed by atoms with van der Waals surface area (Å²) in [6, 6.07) is 7.58. The van der Waals surface area contributed by atoms with Crippen molar-refractivity contribution in [2.75, 3.05) is 0 Å². The third kappa shape index (κ3) is 2.99. The minimum Gasteiger partial charge on any atom is -0.331 e. The van der Waals surface area contributed by atoms with E-state index in [0.717, 1.165) is 0 Å². The maximum Gasteiger partial charge on any atom is 0.222 e. The molecule has 0 radical (unpaired) electrons. The van der Waals surface area contributed by atoms with Crippen molar-refractivity contribution >= 4 is 22.0 Å². The second kappa shape index (κ2) is 5.50. The van der Waals surface area contributed by atoms with Crippen molar-refractivity contribution in [2.24, 2.45) is 0 Å². The summed E-state index contributed by atoms with van der Waals surface area (Å²) in [5, 5.41) is 2.46. The van der Waals surface area contributed by atoms with E-state index in [9.17, 15) is 18.0 Å². The summed E-state index contributed by atoms with van der Waals surface area (Å²) >= 11 is 0. The van der Waals surface area contributed by atoms with Gasteiger partial charge in [-0.15, -0.1) is 0 Å². The first-order chi connectivity index (χ1) is 9.04. The van der Waals surface area contributed by atoms with Crippen LogP contribution in [0.25, 0.3) is 0 Å². The molecule has 1 fully saturated rings. The molecule has 1 aliphatic rings. The van der Waals surface area contributed by atoms with Crippen LogP contribution in [0.1, 0.15) is 12.8 Å². The molecule has 0 aliphatic carbocycles. The van der Waals surface area contributed by atoms with Crippen molar-refractivity contribution < 1.29 is 22.7 Å². The van der Waals surface area contributed by atoms with Crippen molar-refractivity contribution in [3.8, 4) is 0 Å². The number of ether oxygens (including phenoxy) is 1. The van der Waals surface area contributed by atoms with E-state index >= 15 is 0 Å². The fourth-order valence-corrected chi connectivity index (χ4v) is 3.00. The predicted octanol–water partition coefficient (Wildman–Crippen LogP) is 0.238. The maximum absolute atomic E-state index is 12.2. The molecule has 7 heteroatoms. The van der Waals surface area contributed by atoms with Gasteiger partial charge in [-0.3, -0.25) is 9.59 Å². The van der Waals surface area contributed by atoms with Crippen LogP contribution < -0.4 is 5.32 Å². The average molecular weight is 283 g/mol. The molecule has 0 spiro atoms. The molecule has 1 N–H and O–H groups in total. The number of carbonyl (C=O) groups excluding carboxylic acids is 2. The molecule has 6 nitrogen and oxygen atoms in total. The lowest BCUT2D eigenvalue weighted by Crippen LogP contribution is -2.36. The van der Waals surface area contributed by atoms with Crippen LogP contribution in [0.4, 0.5) is 0 Å². The second-order valence-electron chi connectivity index (χ2n) is 4.09. The molecule has 2 rings (SSSR count). The Labute approximate surface area is 110 Å². The molecule has 1 aromatic rings. The normalized spacial score (nSPS) is 20.8. The Morgan fingerprint density at radius 2 is 2.00 bits per heavy atom. The number of amides is 1. The highest BCUT2D eigenvalue weighted by atomic mass is 32.2. The Morgan fingerprint density at radius 1 is 1.32 bits per heavy atom. The summed E-state index contributed by atoms with van der Waals surface area (Å²) in [4.78, 5) is 22.0. The highest BCUT2D eigenvalue weighted by molar-refractivity contribution is 7.92. The Bertz CT molecular complexity index is 569. The smallest absolute Gasteiger partial charge is 0.222 e. The van der Waals surface area contributed by atoms with Gasteiger partial charge in [0.05, 0.1) is 4.90 Å². The number of aldehydes is 1. The highest BCUT2D eigenvalue weighted by Gasteiger charge is 2.33. The van der Waals surface area contributed by atoms with Gasteiger partial charge in [0.25, 0.3) is 0 Å². The lowest BCUT2D eigenvalue weighted by Gasteiger charge is -2.17. The maximum atomic E-state index is 12.2. The minimum absolute atomic E-state index is 0.0106. The molecule has 1 amide bonds. The van der Waals surface area contributed by atoms with Crippen LogP contribution >= 0.6 is 0 Å². The van der Waals surface area contributed by atoms with Gasteiger partial charge in [-0.2, -0.15) is 0 Å². The third-order valence-electron chi connectivity index (χ3n) is 2.74. The van der Waals surface area contributed by atoms with Crippen molar-refractivity contribution in [3.05, 3.63) is 30.3 Å². The molecule has 0 saturated carbocycles. The lowest BCUT2D eigenvalue weighted by atomic mass is 10.3. The van der Waals surface area contributed by atoms with E-state index in [2.05, 4.69) is 5.32 Å². The van der Waals surface area contributed by atoms with Crippen LogP contribution in [0.5, 0.6) is 0 Å². The first-order valence-corrected chi connectivity index (χ1v) is 7.28. The summed E-state index contributed by atoms with van der Waals surface area (Å²) in [6.07, 6.45) is 0.114. The molecule has 2 unspecified atom stereocenters. The fraction of sp³-hybridized carbons (Fsp3) is 0.333. The molecule has 2 atom stereocenters. The van der Waals surface area contributed by atoms with Crippen LogP contribution in [-0.2, 0) is 24.2 Å². The fourth-order valence-electron chi connectivity index (χ4n) is 1.77. The highest BCUT2D eigenvalue weighted by Crippen LogP contribution is 2.19. The van der Waals surface area contributed by atoms with Gasteiger partial charge in [0.1, 0.15) is 6.23 Å². The summed E-state index contributed by atoms with van der Waals surface area (Å²) in [5.41, 5.74) is -1.61. The summed E-state index contributed by atoms with van der Waals surface area (Å²) in [7, 11) is -3.90. The summed E-state index contributed by atoms with van der Waals surface area (Å²) in [6.45, 7) is 0. The second-order valence-corrected chi connectivity index (χ2v) is 6.12. The SMILES string of the molecule is O=CC(OC1CCC(=O)N1)S(=O)(=O)c1ccccc1. The zero-order valence-corrected chi connectivity index (χ0v) is 10.8. The van der Waals surface area contributed by atoms with E-state index in [1.807, 2.05) is 0 Å². The van der Waals surface area contributed by atoms with E-state index in [-0.39, 0.29) is 23.5 Å². The van der Waals surface area contributed by atoms with Gasteiger partial charge in [0, 0.05) is 12.8 Å². The van der Waals surface area contributed by atoms with Crippen molar-refractivity contribution in [1.82, 2.24) is 5.32 Å². The first kappa shape index (κ1) is 13.7. The zero-order chi connectivity index (χ0) is 13.9. The van der Waals surface area contributed by atoms with Crippen LogP contribution in [0, 0.1) is 0 Å². The summed E-state index contributed by atoms with van der Waals surface area (Å²) < 4.78 is 29.5. The Kier molecular flexibility index (Phi) is 3.96. The first-order valence-electron chi connectivity index (χ1n) is 5.73. The van der Waals surface area contributed by atoms with E-state index in [1.165, 1.54) is 12.1 Å². The number of carbonyl (C=O) groups is 2. The zero-order valence-electron chi connectivity index (χ0n) is 9.98. The molecule has 1 heterocycles. The third-order valence-corrected chi connectivity index (χ3v) is 4.51. The largest absolute Gasteiger partial charge is 0.331 e. The van der Waals surface area contributed by atoms with E-state index < -0.39 is 21.5 Å². The molecule has 0 aromatic heterocycles. The molecule has 0 bridgehead atoms. The van der Waals surface area contributed by atoms with Crippen molar-refractivity contribution in [1.29, 1.82) is 0 Å². The lowest BCUT2D eigenvalue weighted by molar-refractivity contribution is -0.123. The molecular weight excluding hydrogens is 270 g/mol. The topological polar surface area (TPSA) is 89.5 Å². The number of nitrogens with one attached hydrogen (secondary N) is 1. The number of rotatable bonds is 5. The van der Waals surface area contributed by atoms with E-state index in [0.29, 0.717) is 6.42 Å². The van der Waals surface area contributed by atoms with Crippen molar-refractivity contribution in [3.63, 3.8) is 0 Å². The Morgan fingerprint density at radius 3 is 2.53 bits per heavy atom. The van der Waals surface area contributed by atoms with E-state index in [4.69, 9.17) is 4.74 Å². The molecule has 1 aliphatic heterocycles. The number of benzene rings is 1. The van der Waals surface area contributed by atoms with Gasteiger partial charge in [-0.25, -0.2) is 8.42 Å². The number of hydrogen-bond donors (Lipinski definition) is 1. The van der Waals surface area contributed by atoms with Crippen LogP contribution in [0.15, 0.2) is 35.2 Å². The number of hydrogen-bond acceptors (Lipinski definition) is 5. The average Bonchev–Trinajstić information content (AvgIpc) is 2.82. The van der Waals surface area contributed by atoms with Crippen molar-refractivity contribution in [2.45, 2.75) is 29.4 Å². The predicted molar refractivity (Wildman–Crippen MR) is 65.7 cm³/mol. The molecule has 1 saturated heterocycles. The van der Waals surface area contributed by atoms with E-state index in [1.54, 1.807) is 18.2 Å². The quantitative estimate of drug-likeness (QED) is 0.782. The minimum atomic E-state index is -3.90. The van der Waals surface area contributed by atoms with Crippen LogP contribution in [0.2, 0.25) is 0 Å². The molecule has 19 heavy (non-hydrogen) atoms. The molecular formula is C12H13NO5S. The standard InChI is InChI=1S/C12H13NO5S/c14-8-12(18-11-7-6-10(15)13-11)19(16,17)9-4-2-1-3-5-9/h1-5,8,11-12H,6-7H2,(H,13,15). The Balaban J connectivity index is 2.17. The van der Waals surface area contributed by atoms with Crippen LogP contribution in [0.3, 0.4) is 0 Å². The molecule has 1 aromatic carbocycles. The van der Waals surface area contributed by atoms with Gasteiger partial charge in [-0.1, -0.05) is 18.2 Å². The van der Waals surface area contributed by atoms with Gasteiger partial charge in [0.2, 0.25) is 21.2 Å². The van der Waals surface area contributed by atoms with Gasteiger partial charge in [-0.05, 0) is 12.1 Å². The van der Waals surface area contributed by atoms with Gasteiger partial charge < -0.3 is 10.1 Å². The Hall–Kier alpha value is -1.73.